The quantitative estimate of drug-likeness (QED) is 0.512. The van der Waals surface area contributed by atoms with Crippen LogP contribution in [0.15, 0.2) is 60.8 Å². The number of methoxy groups -OCH3 is 2. The highest BCUT2D eigenvalue weighted by Crippen LogP contribution is 2.30. The fraction of sp³-hybridized carbons (Fsp3) is 0.100. The fourth-order valence-corrected chi connectivity index (χ4v) is 2.69. The third kappa shape index (κ3) is 3.04. The van der Waals surface area contributed by atoms with E-state index in [2.05, 4.69) is 22.1 Å². The fourth-order valence-electron chi connectivity index (χ4n) is 2.69. The minimum Gasteiger partial charge on any atom is -0.496 e. The number of rotatable bonds is 4. The molecule has 0 spiro atoms. The Balaban J connectivity index is 1.73. The molecule has 0 unspecified atom stereocenters. The van der Waals surface area contributed by atoms with E-state index in [1.54, 1.807) is 38.6 Å². The Hall–Kier alpha value is -3.34. The highest BCUT2D eigenvalue weighted by atomic mass is 16.5. The predicted molar refractivity (Wildman–Crippen MR) is 96.7 cm³/mol. The van der Waals surface area contributed by atoms with E-state index in [0.717, 1.165) is 21.8 Å². The number of aromatic nitrogens is 2. The molecule has 0 saturated heterocycles. The normalized spacial score (nSPS) is 10.8. The third-order valence-electron chi connectivity index (χ3n) is 3.93. The zero-order valence-electron chi connectivity index (χ0n) is 13.9. The van der Waals surface area contributed by atoms with E-state index in [0.29, 0.717) is 23.1 Å². The van der Waals surface area contributed by atoms with Gasteiger partial charge >= 0.3 is 0 Å². The molecule has 0 amide bonds. The van der Waals surface area contributed by atoms with Crippen molar-refractivity contribution in [2.24, 2.45) is 0 Å². The van der Waals surface area contributed by atoms with Crippen molar-refractivity contribution in [2.45, 2.75) is 0 Å². The molecule has 0 atom stereocenters. The van der Waals surface area contributed by atoms with E-state index in [-0.39, 0.29) is 0 Å². The van der Waals surface area contributed by atoms with Gasteiger partial charge in [-0.2, -0.15) is 0 Å². The largest absolute Gasteiger partial charge is 0.496 e. The van der Waals surface area contributed by atoms with Crippen LogP contribution in [-0.2, 0) is 0 Å². The summed E-state index contributed by atoms with van der Waals surface area (Å²) in [6, 6.07) is 17.5. The Bertz CT molecular complexity index is 1040. The molecule has 5 nitrogen and oxygen atoms in total. The number of hydrogen-bond donors (Lipinski definition) is 0. The topological polar surface area (TPSA) is 53.5 Å². The molecule has 0 fully saturated rings. The zero-order chi connectivity index (χ0) is 17.2. The van der Waals surface area contributed by atoms with Crippen LogP contribution in [-0.4, -0.2) is 24.2 Å². The molecule has 4 aromatic rings. The molecule has 0 saturated carbocycles. The van der Waals surface area contributed by atoms with Gasteiger partial charge in [0.2, 0.25) is 5.88 Å². The van der Waals surface area contributed by atoms with Gasteiger partial charge in [0.15, 0.2) is 0 Å². The van der Waals surface area contributed by atoms with Crippen LogP contribution in [0.2, 0.25) is 0 Å². The SMILES string of the molecule is COc1cc(OC)cc(Oc2cnc3cc4ccccc4cc3n2)c1. The van der Waals surface area contributed by atoms with Crippen molar-refractivity contribution in [3.8, 4) is 23.1 Å². The first kappa shape index (κ1) is 15.2. The van der Waals surface area contributed by atoms with Gasteiger partial charge in [0, 0.05) is 18.2 Å². The molecule has 0 aliphatic carbocycles. The molecule has 25 heavy (non-hydrogen) atoms. The van der Waals surface area contributed by atoms with Gasteiger partial charge < -0.3 is 14.2 Å². The number of nitrogens with zero attached hydrogens (tertiary/aromatic N) is 2. The summed E-state index contributed by atoms with van der Waals surface area (Å²) in [6.07, 6.45) is 1.61. The van der Waals surface area contributed by atoms with Crippen LogP contribution in [0.3, 0.4) is 0 Å². The van der Waals surface area contributed by atoms with E-state index < -0.39 is 0 Å². The van der Waals surface area contributed by atoms with E-state index in [1.807, 2.05) is 24.3 Å². The predicted octanol–water partition coefficient (Wildman–Crippen LogP) is 4.59. The summed E-state index contributed by atoms with van der Waals surface area (Å²) < 4.78 is 16.4. The van der Waals surface area contributed by atoms with E-state index in [1.165, 1.54) is 0 Å². The Morgan fingerprint density at radius 1 is 0.720 bits per heavy atom. The van der Waals surface area contributed by atoms with Crippen LogP contribution in [0.1, 0.15) is 0 Å². The molecular weight excluding hydrogens is 316 g/mol. The van der Waals surface area contributed by atoms with Crippen molar-refractivity contribution in [1.29, 1.82) is 0 Å². The van der Waals surface area contributed by atoms with Crippen LogP contribution >= 0.6 is 0 Å². The average molecular weight is 332 g/mol. The second-order valence-corrected chi connectivity index (χ2v) is 5.55. The number of benzene rings is 3. The van der Waals surface area contributed by atoms with Gasteiger partial charge in [-0.3, -0.25) is 0 Å². The molecule has 0 bridgehead atoms. The summed E-state index contributed by atoms with van der Waals surface area (Å²) in [6.45, 7) is 0. The minimum atomic E-state index is 0.415. The van der Waals surface area contributed by atoms with E-state index in [9.17, 15) is 0 Å². The number of fused-ring (bicyclic) bond motifs is 2. The molecular formula is C20H16N2O3. The molecule has 0 aliphatic heterocycles. The van der Waals surface area contributed by atoms with Crippen LogP contribution in [0.25, 0.3) is 21.8 Å². The summed E-state index contributed by atoms with van der Waals surface area (Å²) in [5.41, 5.74) is 1.61. The highest BCUT2D eigenvalue weighted by Gasteiger charge is 2.07. The summed E-state index contributed by atoms with van der Waals surface area (Å²) in [5, 5.41) is 2.25. The van der Waals surface area contributed by atoms with Gasteiger partial charge in [-0.25, -0.2) is 9.97 Å². The first-order chi connectivity index (χ1) is 12.2. The Labute approximate surface area is 144 Å². The van der Waals surface area contributed by atoms with Crippen LogP contribution in [0.5, 0.6) is 23.1 Å². The lowest BCUT2D eigenvalue weighted by molar-refractivity contribution is 0.385. The molecule has 5 heteroatoms. The molecule has 4 rings (SSSR count). The van der Waals surface area contributed by atoms with Crippen LogP contribution in [0.4, 0.5) is 0 Å². The Kier molecular flexibility index (Phi) is 3.82. The van der Waals surface area contributed by atoms with E-state index >= 15 is 0 Å². The zero-order valence-corrected chi connectivity index (χ0v) is 13.9. The molecule has 0 N–H and O–H groups in total. The van der Waals surface area contributed by atoms with E-state index in [4.69, 9.17) is 14.2 Å². The van der Waals surface area contributed by atoms with Crippen molar-refractivity contribution in [3.63, 3.8) is 0 Å². The Morgan fingerprint density at radius 3 is 1.96 bits per heavy atom. The Morgan fingerprint density at radius 2 is 1.32 bits per heavy atom. The molecule has 124 valence electrons. The van der Waals surface area contributed by atoms with Gasteiger partial charge in [0.25, 0.3) is 0 Å². The lowest BCUT2D eigenvalue weighted by Crippen LogP contribution is -1.93. The maximum atomic E-state index is 5.85. The summed E-state index contributed by atoms with van der Waals surface area (Å²) in [4.78, 5) is 9.03. The van der Waals surface area contributed by atoms with Gasteiger partial charge in [0.1, 0.15) is 17.2 Å². The van der Waals surface area contributed by atoms with Crippen LogP contribution in [0, 0.1) is 0 Å². The first-order valence-corrected chi connectivity index (χ1v) is 7.81. The first-order valence-electron chi connectivity index (χ1n) is 7.81. The van der Waals surface area contributed by atoms with Crippen molar-refractivity contribution < 1.29 is 14.2 Å². The van der Waals surface area contributed by atoms with Gasteiger partial charge in [-0.15, -0.1) is 0 Å². The van der Waals surface area contributed by atoms with Crippen molar-refractivity contribution in [2.75, 3.05) is 14.2 Å². The molecule has 3 aromatic carbocycles. The summed E-state index contributed by atoms with van der Waals surface area (Å²) in [5.74, 6) is 2.28. The molecule has 1 heterocycles. The maximum absolute atomic E-state index is 5.85. The second kappa shape index (κ2) is 6.28. The molecule has 0 radical (unpaired) electrons. The number of hydrogen-bond acceptors (Lipinski definition) is 5. The van der Waals surface area contributed by atoms with Gasteiger partial charge in [0.05, 0.1) is 31.4 Å². The second-order valence-electron chi connectivity index (χ2n) is 5.55. The summed E-state index contributed by atoms with van der Waals surface area (Å²) in [7, 11) is 3.19. The minimum absolute atomic E-state index is 0.415. The smallest absolute Gasteiger partial charge is 0.238 e. The third-order valence-corrected chi connectivity index (χ3v) is 3.93. The van der Waals surface area contributed by atoms with Crippen molar-refractivity contribution in [1.82, 2.24) is 9.97 Å². The molecule has 1 aromatic heterocycles. The lowest BCUT2D eigenvalue weighted by Gasteiger charge is -2.10. The van der Waals surface area contributed by atoms with Crippen LogP contribution < -0.4 is 14.2 Å². The highest BCUT2D eigenvalue weighted by molar-refractivity contribution is 5.94. The van der Waals surface area contributed by atoms with Gasteiger partial charge in [-0.05, 0) is 22.9 Å². The summed E-state index contributed by atoms with van der Waals surface area (Å²) >= 11 is 0. The number of ether oxygens (including phenoxy) is 3. The van der Waals surface area contributed by atoms with Gasteiger partial charge in [-0.1, -0.05) is 24.3 Å². The monoisotopic (exact) mass is 332 g/mol. The lowest BCUT2D eigenvalue weighted by atomic mass is 10.1. The standard InChI is InChI=1S/C20H16N2O3/c1-23-15-9-16(24-2)11-17(10-15)25-20-12-21-18-7-13-5-3-4-6-14(13)8-19(18)22-20/h3-12H,1-2H3. The molecule has 0 aliphatic rings. The van der Waals surface area contributed by atoms with Crippen molar-refractivity contribution >= 4 is 21.8 Å². The van der Waals surface area contributed by atoms with Crippen molar-refractivity contribution in [3.05, 3.63) is 60.8 Å². The average Bonchev–Trinajstić information content (AvgIpc) is 2.66. The maximum Gasteiger partial charge on any atom is 0.238 e.